The van der Waals surface area contributed by atoms with Crippen molar-refractivity contribution in [3.8, 4) is 5.75 Å². The Morgan fingerprint density at radius 1 is 0.865 bits per heavy atom. The zero-order valence-corrected chi connectivity index (χ0v) is 20.6. The number of aliphatic carboxylic acids is 1. The van der Waals surface area contributed by atoms with E-state index in [1.165, 1.54) is 48.5 Å². The van der Waals surface area contributed by atoms with Crippen molar-refractivity contribution in [1.29, 1.82) is 0 Å². The second-order valence-electron chi connectivity index (χ2n) is 7.82. The third-order valence-corrected chi connectivity index (χ3v) is 7.75. The molecule has 0 spiro atoms. The van der Waals surface area contributed by atoms with Gasteiger partial charge < -0.3 is 9.84 Å². The van der Waals surface area contributed by atoms with Gasteiger partial charge in [0.25, 0.3) is 0 Å². The summed E-state index contributed by atoms with van der Waals surface area (Å²) in [6, 6.07) is 14.2. The maximum absolute atomic E-state index is 13.5. The number of halogens is 3. The van der Waals surface area contributed by atoms with E-state index in [1.807, 2.05) is 0 Å². The second kappa shape index (κ2) is 10.9. The van der Waals surface area contributed by atoms with Gasteiger partial charge in [-0.3, -0.25) is 0 Å². The smallest absolute Gasteiger partial charge is 0.416 e. The Morgan fingerprint density at radius 3 is 2.08 bits per heavy atom. The first kappa shape index (κ1) is 28.1. The Morgan fingerprint density at radius 2 is 1.49 bits per heavy atom. The summed E-state index contributed by atoms with van der Waals surface area (Å²) in [7, 11) is -8.50. The Bertz CT molecular complexity index is 1490. The summed E-state index contributed by atoms with van der Waals surface area (Å²) in [5.74, 6) is -1.07. The second-order valence-corrected chi connectivity index (χ2v) is 11.3. The van der Waals surface area contributed by atoms with Crippen LogP contribution in [0.15, 0.2) is 82.6 Å². The Balaban J connectivity index is 2.01. The number of alkyl halides is 3. The van der Waals surface area contributed by atoms with Crippen LogP contribution >= 0.6 is 0 Å². The van der Waals surface area contributed by atoms with Gasteiger partial charge >= 0.3 is 12.1 Å². The molecule has 3 rings (SSSR count). The number of carboxylic acid groups (broad SMARTS) is 1. The molecule has 0 unspecified atom stereocenters. The minimum absolute atomic E-state index is 0.147. The van der Waals surface area contributed by atoms with Gasteiger partial charge in [0.2, 0.25) is 20.0 Å². The van der Waals surface area contributed by atoms with E-state index in [2.05, 4.69) is 0 Å². The monoisotopic (exact) mass is 558 g/mol. The van der Waals surface area contributed by atoms with E-state index in [-0.39, 0.29) is 23.7 Å². The van der Waals surface area contributed by atoms with E-state index in [9.17, 15) is 34.8 Å². The van der Waals surface area contributed by atoms with E-state index >= 15 is 0 Å². The third-order valence-electron chi connectivity index (χ3n) is 5.03. The van der Waals surface area contributed by atoms with Gasteiger partial charge in [0.1, 0.15) is 5.75 Å². The van der Waals surface area contributed by atoms with E-state index in [1.54, 1.807) is 0 Å². The summed E-state index contributed by atoms with van der Waals surface area (Å²) in [4.78, 5) is 9.98. The molecule has 3 aromatic rings. The molecule has 0 fully saturated rings. The predicted molar refractivity (Wildman–Crippen MR) is 125 cm³/mol. The topological polar surface area (TPSA) is 144 Å². The van der Waals surface area contributed by atoms with Crippen LogP contribution < -0.4 is 9.88 Å². The molecule has 0 saturated heterocycles. The van der Waals surface area contributed by atoms with Crippen LogP contribution in [-0.4, -0.2) is 38.8 Å². The first-order valence-corrected chi connectivity index (χ1v) is 13.4. The normalized spacial score (nSPS) is 12.5. The number of benzene rings is 3. The van der Waals surface area contributed by atoms with Crippen molar-refractivity contribution in [3.63, 3.8) is 0 Å². The van der Waals surface area contributed by atoms with Crippen molar-refractivity contribution in [2.24, 2.45) is 5.14 Å². The molecule has 198 valence electrons. The number of nitrogens with two attached hydrogens (primary N) is 1. The van der Waals surface area contributed by atoms with Crippen molar-refractivity contribution in [2.45, 2.75) is 29.1 Å². The SMILES string of the molecule is NS(=O)(=O)c1ccc(CN(Cc2cccc(OCC(=O)O)c2)S(=O)(=O)c2cccc(C(F)(F)F)c2)cc1. The molecule has 0 aliphatic carbocycles. The lowest BCUT2D eigenvalue weighted by molar-refractivity contribution is -0.139. The molecule has 0 aliphatic heterocycles. The summed E-state index contributed by atoms with van der Waals surface area (Å²) < 4.78 is 95.7. The molecule has 0 heterocycles. The molecular weight excluding hydrogens is 537 g/mol. The number of carbonyl (C=O) groups is 1. The molecule has 3 N–H and O–H groups in total. The van der Waals surface area contributed by atoms with Crippen LogP contribution in [0.25, 0.3) is 0 Å². The molecular formula is C23H21F3N2O7S2. The highest BCUT2D eigenvalue weighted by atomic mass is 32.2. The first-order valence-electron chi connectivity index (χ1n) is 10.4. The molecule has 0 aliphatic rings. The van der Waals surface area contributed by atoms with Gasteiger partial charge in [-0.15, -0.1) is 0 Å². The van der Waals surface area contributed by atoms with Crippen LogP contribution in [0.4, 0.5) is 13.2 Å². The lowest BCUT2D eigenvalue weighted by Crippen LogP contribution is -2.30. The van der Waals surface area contributed by atoms with Crippen molar-refractivity contribution < 1.29 is 44.6 Å². The Labute approximate surface area is 211 Å². The average Bonchev–Trinajstić information content (AvgIpc) is 2.82. The fourth-order valence-corrected chi connectivity index (χ4v) is 5.26. The standard InChI is InChI=1S/C23H21F3N2O7S2/c24-23(25,26)18-4-2-6-21(12-18)37(33,34)28(13-16-7-9-20(10-8-16)36(27,31)32)14-17-3-1-5-19(11-17)35-15-22(29)30/h1-12H,13-15H2,(H,29,30)(H2,27,31,32). The number of ether oxygens (including phenoxy) is 1. The number of rotatable bonds is 10. The summed E-state index contributed by atoms with van der Waals surface area (Å²) in [5, 5.41) is 13.9. The number of hydrogen-bond donors (Lipinski definition) is 2. The number of carboxylic acids is 1. The molecule has 37 heavy (non-hydrogen) atoms. The average molecular weight is 559 g/mol. The molecule has 0 bridgehead atoms. The van der Waals surface area contributed by atoms with E-state index < -0.39 is 49.3 Å². The van der Waals surface area contributed by atoms with Gasteiger partial charge in [0.05, 0.1) is 15.4 Å². The molecule has 0 atom stereocenters. The Kier molecular flexibility index (Phi) is 8.27. The molecule has 0 saturated carbocycles. The number of hydrogen-bond acceptors (Lipinski definition) is 6. The molecule has 0 radical (unpaired) electrons. The molecule has 3 aromatic carbocycles. The first-order chi connectivity index (χ1) is 17.2. The maximum atomic E-state index is 13.5. The van der Waals surface area contributed by atoms with Crippen LogP contribution in [0.3, 0.4) is 0 Å². The maximum Gasteiger partial charge on any atom is 0.416 e. The largest absolute Gasteiger partial charge is 0.482 e. The summed E-state index contributed by atoms with van der Waals surface area (Å²) >= 11 is 0. The van der Waals surface area contributed by atoms with Gasteiger partial charge in [0.15, 0.2) is 6.61 Å². The molecule has 14 heteroatoms. The molecule has 0 amide bonds. The van der Waals surface area contributed by atoms with Gasteiger partial charge in [-0.25, -0.2) is 26.8 Å². The number of sulfonamides is 2. The fraction of sp³-hybridized carbons (Fsp3) is 0.174. The molecule has 0 aromatic heterocycles. The van der Waals surface area contributed by atoms with Crippen LogP contribution in [0.5, 0.6) is 5.75 Å². The van der Waals surface area contributed by atoms with Crippen molar-refractivity contribution in [2.75, 3.05) is 6.61 Å². The molecule has 9 nitrogen and oxygen atoms in total. The summed E-state index contributed by atoms with van der Waals surface area (Å²) in [6.07, 6.45) is -4.77. The summed E-state index contributed by atoms with van der Waals surface area (Å²) in [5.41, 5.74) is -0.448. The van der Waals surface area contributed by atoms with Gasteiger partial charge in [-0.2, -0.15) is 17.5 Å². The van der Waals surface area contributed by atoms with E-state index in [0.717, 1.165) is 22.5 Å². The highest BCUT2D eigenvalue weighted by Crippen LogP contribution is 2.32. The van der Waals surface area contributed by atoms with E-state index in [4.69, 9.17) is 15.0 Å². The number of nitrogens with zero attached hydrogens (tertiary/aromatic N) is 1. The van der Waals surface area contributed by atoms with Gasteiger partial charge in [0, 0.05) is 13.1 Å². The van der Waals surface area contributed by atoms with Gasteiger partial charge in [-0.05, 0) is 53.6 Å². The zero-order valence-electron chi connectivity index (χ0n) is 18.9. The van der Waals surface area contributed by atoms with E-state index in [0.29, 0.717) is 17.2 Å². The van der Waals surface area contributed by atoms with Crippen LogP contribution in [-0.2, 0) is 44.1 Å². The lowest BCUT2D eigenvalue weighted by atomic mass is 10.2. The minimum atomic E-state index is -4.77. The highest BCUT2D eigenvalue weighted by Gasteiger charge is 2.33. The van der Waals surface area contributed by atoms with Crippen molar-refractivity contribution in [3.05, 3.63) is 89.5 Å². The van der Waals surface area contributed by atoms with Crippen molar-refractivity contribution >= 4 is 26.0 Å². The minimum Gasteiger partial charge on any atom is -0.482 e. The van der Waals surface area contributed by atoms with Crippen LogP contribution in [0, 0.1) is 0 Å². The fourth-order valence-electron chi connectivity index (χ4n) is 3.28. The quantitative estimate of drug-likeness (QED) is 0.389. The Hall–Kier alpha value is -3.46. The lowest BCUT2D eigenvalue weighted by Gasteiger charge is -2.23. The van der Waals surface area contributed by atoms with Crippen LogP contribution in [0.1, 0.15) is 16.7 Å². The predicted octanol–water partition coefficient (Wildman–Crippen LogP) is 3.21. The van der Waals surface area contributed by atoms with Crippen LogP contribution in [0.2, 0.25) is 0 Å². The zero-order chi connectivity index (χ0) is 27.4. The number of primary sulfonamides is 1. The highest BCUT2D eigenvalue weighted by molar-refractivity contribution is 7.89. The van der Waals surface area contributed by atoms with Crippen molar-refractivity contribution in [1.82, 2.24) is 4.31 Å². The summed E-state index contributed by atoms with van der Waals surface area (Å²) in [6.45, 7) is -1.28. The van der Waals surface area contributed by atoms with Gasteiger partial charge in [-0.1, -0.05) is 30.3 Å². The third kappa shape index (κ3) is 7.52.